The molecule has 164 valence electrons. The maximum Gasteiger partial charge on any atom is 0.161 e. The molecule has 0 saturated carbocycles. The van der Waals surface area contributed by atoms with Gasteiger partial charge >= 0.3 is 0 Å². The molecule has 4 aromatic carbocycles. The maximum atomic E-state index is 13.4. The van der Waals surface area contributed by atoms with Crippen LogP contribution in [-0.4, -0.2) is 19.3 Å². The second kappa shape index (κ2) is 9.71. The first-order chi connectivity index (χ1) is 15.6. The van der Waals surface area contributed by atoms with E-state index >= 15 is 0 Å². The van der Waals surface area contributed by atoms with Crippen LogP contribution in [0.2, 0.25) is 0 Å². The highest BCUT2D eigenvalue weighted by atomic mass is 19.1. The van der Waals surface area contributed by atoms with Crippen LogP contribution >= 0.6 is 0 Å². The molecular formula is C27H26FNO3. The first kappa shape index (κ1) is 21.7. The Bertz CT molecular complexity index is 1190. The van der Waals surface area contributed by atoms with E-state index in [-0.39, 0.29) is 11.9 Å². The van der Waals surface area contributed by atoms with Crippen molar-refractivity contribution in [2.75, 3.05) is 19.5 Å². The van der Waals surface area contributed by atoms with Gasteiger partial charge in [0.05, 0.1) is 26.4 Å². The number of hydrogen-bond acceptors (Lipinski definition) is 4. The largest absolute Gasteiger partial charge is 0.493 e. The van der Waals surface area contributed by atoms with Crippen LogP contribution in [0.1, 0.15) is 29.7 Å². The van der Waals surface area contributed by atoms with Gasteiger partial charge in [0, 0.05) is 12.1 Å². The van der Waals surface area contributed by atoms with Gasteiger partial charge in [0.15, 0.2) is 11.5 Å². The molecule has 4 nitrogen and oxygen atoms in total. The van der Waals surface area contributed by atoms with Gasteiger partial charge in [-0.1, -0.05) is 42.5 Å². The van der Waals surface area contributed by atoms with E-state index in [1.807, 2.05) is 60.7 Å². The number of hydrogen-bond donors (Lipinski definition) is 2. The SMILES string of the molecule is COc1ccc(C(CC(O)c2ccc3ccccc3c2)Nc2ccc(F)cc2)cc1OC. The molecule has 0 bridgehead atoms. The highest BCUT2D eigenvalue weighted by molar-refractivity contribution is 5.83. The summed E-state index contributed by atoms with van der Waals surface area (Å²) in [5.74, 6) is 0.942. The third-order valence-electron chi connectivity index (χ3n) is 5.61. The van der Waals surface area contributed by atoms with Crippen LogP contribution in [-0.2, 0) is 0 Å². The van der Waals surface area contributed by atoms with Crippen LogP contribution in [0.3, 0.4) is 0 Å². The number of rotatable bonds is 8. The molecule has 4 aromatic rings. The summed E-state index contributed by atoms with van der Waals surface area (Å²) in [7, 11) is 3.18. The monoisotopic (exact) mass is 431 g/mol. The number of aliphatic hydroxyl groups is 1. The highest BCUT2D eigenvalue weighted by Crippen LogP contribution is 2.35. The molecular weight excluding hydrogens is 405 g/mol. The normalized spacial score (nSPS) is 12.9. The Labute approximate surface area is 187 Å². The number of fused-ring (bicyclic) bond motifs is 1. The lowest BCUT2D eigenvalue weighted by Crippen LogP contribution is -2.15. The minimum Gasteiger partial charge on any atom is -0.493 e. The number of halogens is 1. The molecule has 0 aliphatic rings. The van der Waals surface area contributed by atoms with Crippen molar-refractivity contribution in [2.24, 2.45) is 0 Å². The number of anilines is 1. The summed E-state index contributed by atoms with van der Waals surface area (Å²) < 4.78 is 24.2. The van der Waals surface area contributed by atoms with E-state index in [1.165, 1.54) is 12.1 Å². The van der Waals surface area contributed by atoms with Crippen LogP contribution in [0.15, 0.2) is 84.9 Å². The van der Waals surface area contributed by atoms with Crippen LogP contribution in [0.5, 0.6) is 11.5 Å². The van der Waals surface area contributed by atoms with E-state index in [0.29, 0.717) is 17.9 Å². The van der Waals surface area contributed by atoms with E-state index in [1.54, 1.807) is 26.4 Å². The van der Waals surface area contributed by atoms with Crippen molar-refractivity contribution in [3.63, 3.8) is 0 Å². The summed E-state index contributed by atoms with van der Waals surface area (Å²) in [6.07, 6.45) is -0.295. The lowest BCUT2D eigenvalue weighted by Gasteiger charge is -2.24. The van der Waals surface area contributed by atoms with Gasteiger partial charge in [-0.3, -0.25) is 0 Å². The van der Waals surface area contributed by atoms with E-state index in [4.69, 9.17) is 9.47 Å². The Morgan fingerprint density at radius 1 is 0.781 bits per heavy atom. The molecule has 0 saturated heterocycles. The van der Waals surface area contributed by atoms with Gasteiger partial charge < -0.3 is 19.9 Å². The molecule has 0 heterocycles. The van der Waals surface area contributed by atoms with Crippen molar-refractivity contribution in [1.29, 1.82) is 0 Å². The van der Waals surface area contributed by atoms with Crippen molar-refractivity contribution < 1.29 is 19.0 Å². The number of nitrogens with one attached hydrogen (secondary N) is 1. The zero-order valence-corrected chi connectivity index (χ0v) is 18.1. The van der Waals surface area contributed by atoms with Crippen molar-refractivity contribution in [1.82, 2.24) is 0 Å². The predicted molar refractivity (Wildman–Crippen MR) is 126 cm³/mol. The van der Waals surface area contributed by atoms with Gasteiger partial charge in [-0.15, -0.1) is 0 Å². The van der Waals surface area contributed by atoms with Crippen LogP contribution in [0, 0.1) is 5.82 Å². The van der Waals surface area contributed by atoms with Crippen LogP contribution in [0.25, 0.3) is 10.8 Å². The second-order valence-electron chi connectivity index (χ2n) is 7.68. The molecule has 0 fully saturated rings. The summed E-state index contributed by atoms with van der Waals surface area (Å²) in [6, 6.07) is 25.7. The van der Waals surface area contributed by atoms with Crippen molar-refractivity contribution in [3.05, 3.63) is 102 Å². The smallest absolute Gasteiger partial charge is 0.161 e. The minimum absolute atomic E-state index is 0.248. The summed E-state index contributed by atoms with van der Waals surface area (Å²) in [5.41, 5.74) is 2.53. The Morgan fingerprint density at radius 2 is 1.47 bits per heavy atom. The third-order valence-corrected chi connectivity index (χ3v) is 5.61. The topological polar surface area (TPSA) is 50.7 Å². The summed E-state index contributed by atoms with van der Waals surface area (Å²) >= 11 is 0. The fraction of sp³-hybridized carbons (Fsp3) is 0.185. The third kappa shape index (κ3) is 4.84. The van der Waals surface area contributed by atoms with Gasteiger partial charge in [0.2, 0.25) is 0 Å². The molecule has 2 unspecified atom stereocenters. The molecule has 0 amide bonds. The van der Waals surface area contributed by atoms with Gasteiger partial charge in [-0.25, -0.2) is 4.39 Å². The minimum atomic E-state index is -0.703. The Morgan fingerprint density at radius 3 is 2.19 bits per heavy atom. The zero-order chi connectivity index (χ0) is 22.5. The second-order valence-corrected chi connectivity index (χ2v) is 7.68. The van der Waals surface area contributed by atoms with Gasteiger partial charge in [0.25, 0.3) is 0 Å². The van der Waals surface area contributed by atoms with Crippen molar-refractivity contribution in [3.8, 4) is 11.5 Å². The molecule has 0 aliphatic heterocycles. The predicted octanol–water partition coefficient (Wildman–Crippen LogP) is 6.27. The number of benzene rings is 4. The lowest BCUT2D eigenvalue weighted by atomic mass is 9.94. The summed E-state index contributed by atoms with van der Waals surface area (Å²) in [5, 5.41) is 16.7. The molecule has 0 aromatic heterocycles. The molecule has 0 spiro atoms. The van der Waals surface area contributed by atoms with E-state index in [9.17, 15) is 9.50 Å². The zero-order valence-electron chi connectivity index (χ0n) is 18.1. The number of ether oxygens (including phenoxy) is 2. The molecule has 4 rings (SSSR count). The van der Waals surface area contributed by atoms with Gasteiger partial charge in [-0.2, -0.15) is 0 Å². The lowest BCUT2D eigenvalue weighted by molar-refractivity contribution is 0.160. The molecule has 2 N–H and O–H groups in total. The summed E-state index contributed by atoms with van der Waals surface area (Å²) in [6.45, 7) is 0. The van der Waals surface area contributed by atoms with Crippen molar-refractivity contribution in [2.45, 2.75) is 18.6 Å². The van der Waals surface area contributed by atoms with Crippen LogP contribution in [0.4, 0.5) is 10.1 Å². The first-order valence-electron chi connectivity index (χ1n) is 10.5. The Kier molecular flexibility index (Phi) is 6.57. The van der Waals surface area contributed by atoms with Crippen molar-refractivity contribution >= 4 is 16.5 Å². The maximum absolute atomic E-state index is 13.4. The fourth-order valence-corrected chi connectivity index (χ4v) is 3.87. The summed E-state index contributed by atoms with van der Waals surface area (Å²) in [4.78, 5) is 0. The molecule has 5 heteroatoms. The van der Waals surface area contributed by atoms with Gasteiger partial charge in [-0.05, 0) is 64.4 Å². The number of aliphatic hydroxyl groups excluding tert-OH is 1. The standard InChI is InChI=1S/C27H26FNO3/c1-31-26-14-9-20(16-27(26)32-2)24(29-23-12-10-22(28)11-13-23)17-25(30)21-8-7-18-5-3-4-6-19(18)15-21/h3-16,24-25,29-30H,17H2,1-2H3. The van der Waals surface area contributed by atoms with E-state index < -0.39 is 6.10 Å². The Balaban J connectivity index is 1.65. The van der Waals surface area contributed by atoms with E-state index in [2.05, 4.69) is 5.32 Å². The Hall–Kier alpha value is -3.57. The van der Waals surface area contributed by atoms with Gasteiger partial charge in [0.1, 0.15) is 5.82 Å². The quantitative estimate of drug-likeness (QED) is 0.345. The average Bonchev–Trinajstić information content (AvgIpc) is 2.84. The van der Waals surface area contributed by atoms with E-state index in [0.717, 1.165) is 27.6 Å². The molecule has 2 atom stereocenters. The fourth-order valence-electron chi connectivity index (χ4n) is 3.87. The highest BCUT2D eigenvalue weighted by Gasteiger charge is 2.20. The molecule has 0 radical (unpaired) electrons. The molecule has 32 heavy (non-hydrogen) atoms. The number of methoxy groups -OCH3 is 2. The molecule has 0 aliphatic carbocycles. The van der Waals surface area contributed by atoms with Crippen LogP contribution < -0.4 is 14.8 Å². The first-order valence-corrected chi connectivity index (χ1v) is 10.5. The average molecular weight is 432 g/mol.